The van der Waals surface area contributed by atoms with Crippen LogP contribution in [0.2, 0.25) is 5.02 Å². The molecule has 0 unspecified atom stereocenters. The van der Waals surface area contributed by atoms with Gasteiger partial charge < -0.3 is 10.6 Å². The van der Waals surface area contributed by atoms with Crippen molar-refractivity contribution in [2.75, 3.05) is 18.0 Å². The van der Waals surface area contributed by atoms with Crippen LogP contribution in [-0.2, 0) is 6.18 Å². The van der Waals surface area contributed by atoms with E-state index in [2.05, 4.69) is 4.98 Å². The van der Waals surface area contributed by atoms with Gasteiger partial charge in [-0.2, -0.15) is 13.2 Å². The van der Waals surface area contributed by atoms with Gasteiger partial charge in [0.1, 0.15) is 5.82 Å². The molecule has 1 aliphatic heterocycles. The van der Waals surface area contributed by atoms with Gasteiger partial charge in [0.15, 0.2) is 0 Å². The lowest BCUT2D eigenvalue weighted by molar-refractivity contribution is -0.137. The van der Waals surface area contributed by atoms with Crippen molar-refractivity contribution in [2.24, 2.45) is 5.73 Å². The molecule has 3 nitrogen and oxygen atoms in total. The Morgan fingerprint density at radius 2 is 1.94 bits per heavy atom. The second-order valence-electron chi connectivity index (χ2n) is 4.35. The van der Waals surface area contributed by atoms with Crippen molar-refractivity contribution < 1.29 is 13.2 Å². The third kappa shape index (κ3) is 2.87. The molecule has 1 aliphatic rings. The average molecular weight is 280 g/mol. The molecule has 2 N–H and O–H groups in total. The Bertz CT molecular complexity index is 428. The van der Waals surface area contributed by atoms with Crippen LogP contribution in [0.3, 0.4) is 0 Å². The average Bonchev–Trinajstić information content (AvgIpc) is 2.29. The Labute approximate surface area is 108 Å². The highest BCUT2D eigenvalue weighted by molar-refractivity contribution is 6.33. The molecule has 0 radical (unpaired) electrons. The summed E-state index contributed by atoms with van der Waals surface area (Å²) in [6.45, 7) is 1.33. The molecule has 1 saturated heterocycles. The van der Waals surface area contributed by atoms with Gasteiger partial charge in [0.05, 0.1) is 10.6 Å². The Morgan fingerprint density at radius 1 is 1.33 bits per heavy atom. The maximum atomic E-state index is 12.5. The van der Waals surface area contributed by atoms with E-state index < -0.39 is 11.7 Å². The fraction of sp³-hybridized carbons (Fsp3) is 0.545. The van der Waals surface area contributed by atoms with E-state index in [1.54, 1.807) is 0 Å². The summed E-state index contributed by atoms with van der Waals surface area (Å²) < 4.78 is 37.4. The molecule has 0 aromatic carbocycles. The van der Waals surface area contributed by atoms with Gasteiger partial charge in [0.25, 0.3) is 0 Å². The molecule has 18 heavy (non-hydrogen) atoms. The number of piperidine rings is 1. The van der Waals surface area contributed by atoms with Crippen LogP contribution < -0.4 is 10.6 Å². The van der Waals surface area contributed by atoms with Gasteiger partial charge in [-0.15, -0.1) is 0 Å². The molecule has 100 valence electrons. The first kappa shape index (κ1) is 13.4. The number of hydrogen-bond acceptors (Lipinski definition) is 3. The van der Waals surface area contributed by atoms with Gasteiger partial charge in [-0.25, -0.2) is 4.98 Å². The highest BCUT2D eigenvalue weighted by Crippen LogP contribution is 2.34. The predicted molar refractivity (Wildman–Crippen MR) is 63.7 cm³/mol. The standard InChI is InChI=1S/C11H13ClF3N3/c12-9-5-7(11(13,14)15)6-17-10(9)18-3-1-8(16)2-4-18/h5-6,8H,1-4,16H2. The van der Waals surface area contributed by atoms with E-state index in [9.17, 15) is 13.2 Å². The van der Waals surface area contributed by atoms with Gasteiger partial charge in [0.2, 0.25) is 0 Å². The minimum Gasteiger partial charge on any atom is -0.355 e. The highest BCUT2D eigenvalue weighted by atomic mass is 35.5. The van der Waals surface area contributed by atoms with Crippen molar-refractivity contribution in [3.05, 3.63) is 22.8 Å². The van der Waals surface area contributed by atoms with Crippen LogP contribution in [0.5, 0.6) is 0 Å². The van der Waals surface area contributed by atoms with Crippen molar-refractivity contribution in [3.63, 3.8) is 0 Å². The zero-order chi connectivity index (χ0) is 13.3. The summed E-state index contributed by atoms with van der Waals surface area (Å²) in [6.07, 6.45) is -2.02. The molecule has 7 heteroatoms. The molecule has 2 heterocycles. The molecule has 1 aromatic rings. The van der Waals surface area contributed by atoms with E-state index >= 15 is 0 Å². The van der Waals surface area contributed by atoms with E-state index in [1.165, 1.54) is 0 Å². The summed E-state index contributed by atoms with van der Waals surface area (Å²) >= 11 is 5.87. The lowest BCUT2D eigenvalue weighted by Gasteiger charge is -2.31. The van der Waals surface area contributed by atoms with Crippen LogP contribution in [0.25, 0.3) is 0 Å². The van der Waals surface area contributed by atoms with Crippen molar-refractivity contribution in [2.45, 2.75) is 25.1 Å². The zero-order valence-electron chi connectivity index (χ0n) is 9.54. The summed E-state index contributed by atoms with van der Waals surface area (Å²) in [4.78, 5) is 5.69. The maximum Gasteiger partial charge on any atom is 0.417 e. The molecular formula is C11H13ClF3N3. The van der Waals surface area contributed by atoms with Crippen LogP contribution >= 0.6 is 11.6 Å². The number of halogens is 4. The van der Waals surface area contributed by atoms with Crippen molar-refractivity contribution in [3.8, 4) is 0 Å². The fourth-order valence-electron chi connectivity index (χ4n) is 1.93. The van der Waals surface area contributed by atoms with E-state index in [0.717, 1.165) is 25.1 Å². The molecule has 0 amide bonds. The number of alkyl halides is 3. The second kappa shape index (κ2) is 4.93. The summed E-state index contributed by atoms with van der Waals surface area (Å²) in [5, 5.41) is 0.0281. The maximum absolute atomic E-state index is 12.5. The van der Waals surface area contributed by atoms with Crippen molar-refractivity contribution in [1.29, 1.82) is 0 Å². The minimum absolute atomic E-state index is 0.0281. The smallest absolute Gasteiger partial charge is 0.355 e. The number of aromatic nitrogens is 1. The molecule has 0 atom stereocenters. The Morgan fingerprint density at radius 3 is 2.44 bits per heavy atom. The number of rotatable bonds is 1. The molecule has 2 rings (SSSR count). The molecule has 0 bridgehead atoms. The van der Waals surface area contributed by atoms with Crippen molar-refractivity contribution >= 4 is 17.4 Å². The molecule has 1 aromatic heterocycles. The van der Waals surface area contributed by atoms with Crippen LogP contribution in [0.1, 0.15) is 18.4 Å². The normalized spacial score (nSPS) is 18.2. The van der Waals surface area contributed by atoms with E-state index in [0.29, 0.717) is 18.9 Å². The van der Waals surface area contributed by atoms with Gasteiger partial charge >= 0.3 is 6.18 Å². The number of pyridine rings is 1. The lowest BCUT2D eigenvalue weighted by Crippen LogP contribution is -2.40. The van der Waals surface area contributed by atoms with Gasteiger partial charge in [0, 0.05) is 25.3 Å². The number of anilines is 1. The molecular weight excluding hydrogens is 267 g/mol. The molecule has 0 saturated carbocycles. The summed E-state index contributed by atoms with van der Waals surface area (Å²) in [5.74, 6) is 0.400. The van der Waals surface area contributed by atoms with E-state index in [4.69, 9.17) is 17.3 Å². The Kier molecular flexibility index (Phi) is 3.68. The van der Waals surface area contributed by atoms with Gasteiger partial charge in [-0.05, 0) is 18.9 Å². The number of nitrogens with zero attached hydrogens (tertiary/aromatic N) is 2. The van der Waals surface area contributed by atoms with Crippen molar-refractivity contribution in [1.82, 2.24) is 4.98 Å². The zero-order valence-corrected chi connectivity index (χ0v) is 10.3. The quantitative estimate of drug-likeness (QED) is 0.859. The predicted octanol–water partition coefficient (Wildman–Crippen LogP) is 2.68. The Hall–Kier alpha value is -1.01. The number of nitrogens with two attached hydrogens (primary N) is 1. The summed E-state index contributed by atoms with van der Waals surface area (Å²) in [6, 6.07) is 1.06. The first-order valence-electron chi connectivity index (χ1n) is 5.61. The lowest BCUT2D eigenvalue weighted by atomic mass is 10.1. The number of hydrogen-bond donors (Lipinski definition) is 1. The first-order chi connectivity index (χ1) is 8.38. The van der Waals surface area contributed by atoms with Crippen LogP contribution in [0.15, 0.2) is 12.3 Å². The second-order valence-corrected chi connectivity index (χ2v) is 4.76. The fourth-order valence-corrected chi connectivity index (χ4v) is 2.22. The first-order valence-corrected chi connectivity index (χ1v) is 5.99. The third-order valence-electron chi connectivity index (χ3n) is 2.99. The summed E-state index contributed by atoms with van der Waals surface area (Å²) in [7, 11) is 0. The van der Waals surface area contributed by atoms with Gasteiger partial charge in [-0.3, -0.25) is 0 Å². The van der Waals surface area contributed by atoms with Crippen LogP contribution in [0, 0.1) is 0 Å². The molecule has 0 aliphatic carbocycles. The van der Waals surface area contributed by atoms with E-state index in [1.807, 2.05) is 4.90 Å². The van der Waals surface area contributed by atoms with E-state index in [-0.39, 0.29) is 11.1 Å². The Balaban J connectivity index is 2.20. The minimum atomic E-state index is -4.42. The van der Waals surface area contributed by atoms with Gasteiger partial charge in [-0.1, -0.05) is 11.6 Å². The molecule has 0 spiro atoms. The largest absolute Gasteiger partial charge is 0.417 e. The molecule has 1 fully saturated rings. The SMILES string of the molecule is NC1CCN(c2ncc(C(F)(F)F)cc2Cl)CC1. The van der Waals surface area contributed by atoms with Crippen LogP contribution in [-0.4, -0.2) is 24.1 Å². The highest BCUT2D eigenvalue weighted by Gasteiger charge is 2.32. The topological polar surface area (TPSA) is 42.1 Å². The monoisotopic (exact) mass is 279 g/mol. The summed E-state index contributed by atoms with van der Waals surface area (Å²) in [5.41, 5.74) is 4.94. The third-order valence-corrected chi connectivity index (χ3v) is 3.27. The van der Waals surface area contributed by atoms with Crippen LogP contribution in [0.4, 0.5) is 19.0 Å².